The lowest BCUT2D eigenvalue weighted by molar-refractivity contribution is 0.218. The highest BCUT2D eigenvalue weighted by Crippen LogP contribution is 2.18. The normalized spacial score (nSPS) is 10.4. The largest absolute Gasteiger partial charge is 0.384 e. The molecule has 0 aliphatic rings. The van der Waals surface area contributed by atoms with E-state index in [2.05, 4.69) is 29.1 Å². The fraction of sp³-hybridized carbons (Fsp3) is 0.636. The Morgan fingerprint density at radius 3 is 2.81 bits per heavy atom. The average Bonchev–Trinajstić information content (AvgIpc) is 2.29. The molecule has 1 rings (SSSR count). The van der Waals surface area contributed by atoms with Crippen molar-refractivity contribution in [1.82, 2.24) is 9.97 Å². The summed E-state index contributed by atoms with van der Waals surface area (Å²) in [6.45, 7) is 5.75. The van der Waals surface area contributed by atoms with Gasteiger partial charge in [-0.1, -0.05) is 6.92 Å². The molecule has 0 radical (unpaired) electrons. The van der Waals surface area contributed by atoms with E-state index in [1.807, 2.05) is 6.07 Å². The molecule has 0 atom stereocenters. The Balaban J connectivity index is 2.69. The summed E-state index contributed by atoms with van der Waals surface area (Å²) in [5.41, 5.74) is 0. The van der Waals surface area contributed by atoms with Gasteiger partial charge in [-0.3, -0.25) is 0 Å². The summed E-state index contributed by atoms with van der Waals surface area (Å²) in [7, 11) is 1.71. The predicted molar refractivity (Wildman–Crippen MR) is 68.2 cm³/mol. The predicted octanol–water partition coefficient (Wildman–Crippen LogP) is 2.21. The Morgan fingerprint density at radius 1 is 1.38 bits per heavy atom. The fourth-order valence-corrected chi connectivity index (χ4v) is 2.03. The van der Waals surface area contributed by atoms with E-state index in [1.165, 1.54) is 0 Å². The molecule has 0 aliphatic heterocycles. The van der Waals surface area contributed by atoms with Gasteiger partial charge in [0.25, 0.3) is 0 Å². The summed E-state index contributed by atoms with van der Waals surface area (Å²) >= 11 is 1.70. The van der Waals surface area contributed by atoms with Crippen LogP contribution in [0.3, 0.4) is 0 Å². The first kappa shape index (κ1) is 13.3. The molecule has 0 fully saturated rings. The molecule has 4 nitrogen and oxygen atoms in total. The van der Waals surface area contributed by atoms with Crippen molar-refractivity contribution in [3.63, 3.8) is 0 Å². The minimum Gasteiger partial charge on any atom is -0.384 e. The van der Waals surface area contributed by atoms with Crippen LogP contribution in [0.2, 0.25) is 0 Å². The number of anilines is 1. The molecule has 0 amide bonds. The molecule has 0 saturated carbocycles. The monoisotopic (exact) mass is 241 g/mol. The number of nitrogens with zero attached hydrogens (tertiary/aromatic N) is 2. The van der Waals surface area contributed by atoms with Gasteiger partial charge < -0.3 is 10.1 Å². The molecule has 0 aromatic carbocycles. The zero-order valence-corrected chi connectivity index (χ0v) is 10.9. The maximum absolute atomic E-state index is 5.02. The number of hydrogen-bond donors (Lipinski definition) is 1. The van der Waals surface area contributed by atoms with Crippen molar-refractivity contribution < 1.29 is 4.74 Å². The first-order valence-electron chi connectivity index (χ1n) is 5.53. The van der Waals surface area contributed by atoms with Gasteiger partial charge in [-0.2, -0.15) is 0 Å². The Labute approximate surface area is 101 Å². The van der Waals surface area contributed by atoms with Crippen LogP contribution in [0.25, 0.3) is 0 Å². The number of aromatic nitrogens is 2. The SMILES string of the molecule is CCNc1cc(SCCOC)nc(CC)n1. The zero-order chi connectivity index (χ0) is 11.8. The van der Waals surface area contributed by atoms with Crippen molar-refractivity contribution in [2.24, 2.45) is 0 Å². The summed E-state index contributed by atoms with van der Waals surface area (Å²) < 4.78 is 5.02. The van der Waals surface area contributed by atoms with Gasteiger partial charge in [-0.05, 0) is 6.92 Å². The number of rotatable bonds is 7. The molecule has 0 bridgehead atoms. The molecule has 1 N–H and O–H groups in total. The third-order valence-electron chi connectivity index (χ3n) is 1.96. The second-order valence-electron chi connectivity index (χ2n) is 3.23. The van der Waals surface area contributed by atoms with Gasteiger partial charge in [0.05, 0.1) is 6.61 Å². The van der Waals surface area contributed by atoms with Crippen LogP contribution in [0.4, 0.5) is 5.82 Å². The summed E-state index contributed by atoms with van der Waals surface area (Å²) in [6.07, 6.45) is 0.858. The summed E-state index contributed by atoms with van der Waals surface area (Å²) in [4.78, 5) is 8.87. The maximum Gasteiger partial charge on any atom is 0.131 e. The Bertz CT molecular complexity index is 320. The van der Waals surface area contributed by atoms with Gasteiger partial charge >= 0.3 is 0 Å². The maximum atomic E-state index is 5.02. The lowest BCUT2D eigenvalue weighted by Gasteiger charge is -2.07. The standard InChI is InChI=1S/C11H19N3OS/c1-4-9-13-10(12-5-2)8-11(14-9)16-7-6-15-3/h8H,4-7H2,1-3H3,(H,12,13,14). The van der Waals surface area contributed by atoms with Crippen LogP contribution in [0.5, 0.6) is 0 Å². The Morgan fingerprint density at radius 2 is 2.19 bits per heavy atom. The smallest absolute Gasteiger partial charge is 0.131 e. The van der Waals surface area contributed by atoms with E-state index in [9.17, 15) is 0 Å². The number of hydrogen-bond acceptors (Lipinski definition) is 5. The van der Waals surface area contributed by atoms with Gasteiger partial charge in [0.1, 0.15) is 16.7 Å². The van der Waals surface area contributed by atoms with Crippen LogP contribution in [0.15, 0.2) is 11.1 Å². The number of aryl methyl sites for hydroxylation is 1. The Hall–Kier alpha value is -0.810. The molecule has 0 spiro atoms. The number of thioether (sulfide) groups is 1. The van der Waals surface area contributed by atoms with Crippen molar-refractivity contribution in [1.29, 1.82) is 0 Å². The molecule has 1 aromatic heterocycles. The van der Waals surface area contributed by atoms with Crippen molar-refractivity contribution in [3.05, 3.63) is 11.9 Å². The highest BCUT2D eigenvalue weighted by atomic mass is 32.2. The van der Waals surface area contributed by atoms with Crippen molar-refractivity contribution >= 4 is 17.6 Å². The van der Waals surface area contributed by atoms with Crippen molar-refractivity contribution in [2.75, 3.05) is 31.3 Å². The van der Waals surface area contributed by atoms with Gasteiger partial charge in [-0.15, -0.1) is 11.8 Å². The van der Waals surface area contributed by atoms with Crippen LogP contribution in [-0.2, 0) is 11.2 Å². The van der Waals surface area contributed by atoms with Crippen LogP contribution < -0.4 is 5.32 Å². The minimum atomic E-state index is 0.743. The molecular formula is C11H19N3OS. The first-order valence-corrected chi connectivity index (χ1v) is 6.52. The first-order chi connectivity index (χ1) is 7.80. The summed E-state index contributed by atoms with van der Waals surface area (Å²) in [5.74, 6) is 2.72. The average molecular weight is 241 g/mol. The minimum absolute atomic E-state index is 0.743. The molecule has 0 unspecified atom stereocenters. The van der Waals surface area contributed by atoms with Gasteiger partial charge in [0, 0.05) is 31.9 Å². The lowest BCUT2D eigenvalue weighted by atomic mass is 10.4. The Kier molecular flexibility index (Phi) is 6.18. The van der Waals surface area contributed by atoms with Crippen LogP contribution in [0.1, 0.15) is 19.7 Å². The van der Waals surface area contributed by atoms with E-state index in [-0.39, 0.29) is 0 Å². The van der Waals surface area contributed by atoms with Crippen LogP contribution in [0, 0.1) is 0 Å². The van der Waals surface area contributed by atoms with E-state index < -0.39 is 0 Å². The quantitative estimate of drug-likeness (QED) is 0.450. The molecule has 1 aromatic rings. The molecule has 0 saturated heterocycles. The number of nitrogens with one attached hydrogen (secondary N) is 1. The molecule has 1 heterocycles. The highest BCUT2D eigenvalue weighted by molar-refractivity contribution is 7.99. The number of methoxy groups -OCH3 is 1. The topological polar surface area (TPSA) is 47.0 Å². The molecule has 90 valence electrons. The van der Waals surface area contributed by atoms with E-state index >= 15 is 0 Å². The fourth-order valence-electron chi connectivity index (χ4n) is 1.21. The second-order valence-corrected chi connectivity index (χ2v) is 4.35. The molecular weight excluding hydrogens is 222 g/mol. The van der Waals surface area contributed by atoms with Gasteiger partial charge in [-0.25, -0.2) is 9.97 Å². The van der Waals surface area contributed by atoms with E-state index in [0.29, 0.717) is 0 Å². The third-order valence-corrected chi connectivity index (χ3v) is 2.84. The van der Waals surface area contributed by atoms with Crippen LogP contribution in [-0.4, -0.2) is 36.0 Å². The third kappa shape index (κ3) is 4.37. The zero-order valence-electron chi connectivity index (χ0n) is 10.1. The second kappa shape index (κ2) is 7.46. The summed E-state index contributed by atoms with van der Waals surface area (Å²) in [6, 6.07) is 1.99. The molecule has 16 heavy (non-hydrogen) atoms. The van der Waals surface area contributed by atoms with E-state index in [0.717, 1.165) is 42.0 Å². The lowest BCUT2D eigenvalue weighted by Crippen LogP contribution is -2.04. The van der Waals surface area contributed by atoms with E-state index in [4.69, 9.17) is 4.74 Å². The number of ether oxygens (including phenoxy) is 1. The van der Waals surface area contributed by atoms with Crippen molar-refractivity contribution in [3.8, 4) is 0 Å². The van der Waals surface area contributed by atoms with E-state index in [1.54, 1.807) is 18.9 Å². The summed E-state index contributed by atoms with van der Waals surface area (Å²) in [5, 5.41) is 4.23. The molecule has 0 aliphatic carbocycles. The molecule has 5 heteroatoms. The highest BCUT2D eigenvalue weighted by Gasteiger charge is 2.03. The van der Waals surface area contributed by atoms with Crippen LogP contribution >= 0.6 is 11.8 Å². The van der Waals surface area contributed by atoms with Crippen molar-refractivity contribution in [2.45, 2.75) is 25.3 Å². The van der Waals surface area contributed by atoms with Gasteiger partial charge in [0.15, 0.2) is 0 Å². The van der Waals surface area contributed by atoms with Gasteiger partial charge in [0.2, 0.25) is 0 Å².